The van der Waals surface area contributed by atoms with Gasteiger partial charge < -0.3 is 15.2 Å². The molecular weight excluding hydrogens is 341 g/mol. The van der Waals surface area contributed by atoms with Crippen molar-refractivity contribution in [2.24, 2.45) is 0 Å². The van der Waals surface area contributed by atoms with Crippen LogP contribution in [0.1, 0.15) is 10.4 Å². The van der Waals surface area contributed by atoms with Crippen LogP contribution in [0.4, 0.5) is 14.5 Å². The van der Waals surface area contributed by atoms with Gasteiger partial charge in [0.1, 0.15) is 11.5 Å². The molecule has 2 N–H and O–H groups in total. The number of aromatic nitrogens is 1. The summed E-state index contributed by atoms with van der Waals surface area (Å²) in [4.78, 5) is 15.8. The van der Waals surface area contributed by atoms with Gasteiger partial charge in [0.05, 0.1) is 21.3 Å². The minimum absolute atomic E-state index is 0.109. The first-order valence-corrected chi connectivity index (χ1v) is 6.52. The summed E-state index contributed by atoms with van der Waals surface area (Å²) in [7, 11) is 0. The number of ether oxygens (including phenoxy) is 1. The number of hydrogen-bond acceptors (Lipinski definition) is 4. The summed E-state index contributed by atoms with van der Waals surface area (Å²) < 4.78 is 28.2. The van der Waals surface area contributed by atoms with Crippen molar-refractivity contribution >= 4 is 34.8 Å². The molecule has 0 fully saturated rings. The predicted molar refractivity (Wildman–Crippen MR) is 76.9 cm³/mol. The molecule has 22 heavy (non-hydrogen) atoms. The van der Waals surface area contributed by atoms with Gasteiger partial charge in [0.2, 0.25) is 0 Å². The minimum atomic E-state index is -3.03. The zero-order valence-electron chi connectivity index (χ0n) is 10.7. The topological polar surface area (TPSA) is 71.5 Å². The SMILES string of the molecule is O=C(Nc1c(Cl)cncc1Cl)c1ccc(OC(F)F)cc1O. The molecule has 2 rings (SSSR count). The molecule has 1 heterocycles. The molecule has 0 atom stereocenters. The first-order chi connectivity index (χ1) is 10.4. The van der Waals surface area contributed by atoms with Crippen molar-refractivity contribution in [1.82, 2.24) is 4.98 Å². The van der Waals surface area contributed by atoms with E-state index in [0.29, 0.717) is 0 Å². The third kappa shape index (κ3) is 3.75. The van der Waals surface area contributed by atoms with Crippen LogP contribution in [0.2, 0.25) is 10.0 Å². The van der Waals surface area contributed by atoms with Crippen LogP contribution in [0.3, 0.4) is 0 Å². The molecule has 0 spiro atoms. The maximum Gasteiger partial charge on any atom is 0.387 e. The number of anilines is 1. The highest BCUT2D eigenvalue weighted by Crippen LogP contribution is 2.31. The third-order valence-corrected chi connectivity index (χ3v) is 3.10. The Kier molecular flexibility index (Phi) is 4.99. The summed E-state index contributed by atoms with van der Waals surface area (Å²) in [6.07, 6.45) is 2.56. The van der Waals surface area contributed by atoms with E-state index < -0.39 is 18.3 Å². The molecule has 1 aromatic carbocycles. The van der Waals surface area contributed by atoms with Gasteiger partial charge in [-0.1, -0.05) is 23.2 Å². The van der Waals surface area contributed by atoms with Crippen LogP contribution >= 0.6 is 23.2 Å². The second-order valence-corrected chi connectivity index (χ2v) is 4.80. The summed E-state index contributed by atoms with van der Waals surface area (Å²) in [6, 6.07) is 3.15. The Morgan fingerprint density at radius 1 is 1.27 bits per heavy atom. The van der Waals surface area contributed by atoms with E-state index in [1.165, 1.54) is 12.4 Å². The Morgan fingerprint density at radius 3 is 2.45 bits per heavy atom. The molecule has 0 aliphatic carbocycles. The van der Waals surface area contributed by atoms with Gasteiger partial charge in [-0.25, -0.2) is 0 Å². The molecule has 0 radical (unpaired) electrons. The van der Waals surface area contributed by atoms with Gasteiger partial charge in [0.25, 0.3) is 5.91 Å². The Balaban J connectivity index is 2.23. The molecule has 1 amide bonds. The molecule has 0 aliphatic heterocycles. The highest BCUT2D eigenvalue weighted by atomic mass is 35.5. The smallest absolute Gasteiger partial charge is 0.387 e. The number of hydrogen-bond donors (Lipinski definition) is 2. The maximum atomic E-state index is 12.1. The van der Waals surface area contributed by atoms with Crippen molar-refractivity contribution in [3.8, 4) is 11.5 Å². The van der Waals surface area contributed by atoms with Gasteiger partial charge in [0.15, 0.2) is 0 Å². The van der Waals surface area contributed by atoms with Crippen LogP contribution in [0.5, 0.6) is 11.5 Å². The predicted octanol–water partition coefficient (Wildman–Crippen LogP) is 3.95. The number of nitrogens with one attached hydrogen (secondary N) is 1. The van der Waals surface area contributed by atoms with Gasteiger partial charge in [-0.2, -0.15) is 8.78 Å². The van der Waals surface area contributed by atoms with E-state index >= 15 is 0 Å². The minimum Gasteiger partial charge on any atom is -0.507 e. The molecule has 5 nitrogen and oxygen atoms in total. The van der Waals surface area contributed by atoms with Crippen molar-refractivity contribution in [1.29, 1.82) is 0 Å². The molecule has 0 saturated heterocycles. The number of phenolic OH excluding ortho intramolecular Hbond substituents is 1. The molecule has 116 valence electrons. The van der Waals surface area contributed by atoms with E-state index in [0.717, 1.165) is 18.2 Å². The van der Waals surface area contributed by atoms with E-state index in [2.05, 4.69) is 15.0 Å². The first-order valence-electron chi connectivity index (χ1n) is 5.76. The summed E-state index contributed by atoms with van der Waals surface area (Å²) in [5.41, 5.74) is -0.0406. The van der Waals surface area contributed by atoms with Gasteiger partial charge in [-0.15, -0.1) is 0 Å². The number of carbonyl (C=O) groups is 1. The lowest BCUT2D eigenvalue weighted by atomic mass is 10.1. The van der Waals surface area contributed by atoms with Crippen molar-refractivity contribution < 1.29 is 23.4 Å². The molecule has 9 heteroatoms. The normalized spacial score (nSPS) is 10.6. The van der Waals surface area contributed by atoms with E-state index in [1.807, 2.05) is 0 Å². The number of pyridine rings is 1. The average Bonchev–Trinajstić information content (AvgIpc) is 2.42. The number of aromatic hydroxyl groups is 1. The van der Waals surface area contributed by atoms with E-state index in [9.17, 15) is 18.7 Å². The number of carbonyl (C=O) groups excluding carboxylic acids is 1. The first kappa shape index (κ1) is 16.3. The van der Waals surface area contributed by atoms with Crippen LogP contribution < -0.4 is 10.1 Å². The Labute approximate surface area is 133 Å². The number of benzene rings is 1. The summed E-state index contributed by atoms with van der Waals surface area (Å²) in [5, 5.41) is 12.3. The van der Waals surface area contributed by atoms with Gasteiger partial charge >= 0.3 is 6.61 Å². The van der Waals surface area contributed by atoms with Crippen LogP contribution in [0.15, 0.2) is 30.6 Å². The van der Waals surface area contributed by atoms with Crippen molar-refractivity contribution in [3.63, 3.8) is 0 Å². The number of alkyl halides is 2. The standard InChI is InChI=1S/C13H8Cl2F2N2O3/c14-8-4-18-5-9(15)11(8)19-12(21)7-2-1-6(3-10(7)20)22-13(16)17/h1-5,13,20H,(H,18,19,21). The average molecular weight is 349 g/mol. The molecule has 0 bridgehead atoms. The lowest BCUT2D eigenvalue weighted by molar-refractivity contribution is -0.0499. The molecule has 0 aliphatic rings. The maximum absolute atomic E-state index is 12.1. The fourth-order valence-corrected chi connectivity index (χ4v) is 2.05. The van der Waals surface area contributed by atoms with E-state index in [1.54, 1.807) is 0 Å². The van der Waals surface area contributed by atoms with Crippen LogP contribution in [0, 0.1) is 0 Å². The van der Waals surface area contributed by atoms with Gasteiger partial charge in [-0.3, -0.25) is 9.78 Å². The van der Waals surface area contributed by atoms with Gasteiger partial charge in [0, 0.05) is 18.5 Å². The summed E-state index contributed by atoms with van der Waals surface area (Å²) >= 11 is 11.7. The zero-order chi connectivity index (χ0) is 16.3. The number of halogens is 4. The number of rotatable bonds is 4. The Morgan fingerprint density at radius 2 is 1.91 bits per heavy atom. The van der Waals surface area contributed by atoms with Crippen molar-refractivity contribution in [2.75, 3.05) is 5.32 Å². The quantitative estimate of drug-likeness (QED) is 0.877. The molecule has 0 saturated carbocycles. The zero-order valence-corrected chi connectivity index (χ0v) is 12.2. The van der Waals surface area contributed by atoms with Crippen LogP contribution in [-0.4, -0.2) is 22.6 Å². The largest absolute Gasteiger partial charge is 0.507 e. The fraction of sp³-hybridized carbons (Fsp3) is 0.0769. The lowest BCUT2D eigenvalue weighted by Gasteiger charge is -2.11. The Hall–Kier alpha value is -2.12. The van der Waals surface area contributed by atoms with Crippen LogP contribution in [-0.2, 0) is 0 Å². The monoisotopic (exact) mass is 348 g/mol. The highest BCUT2D eigenvalue weighted by molar-refractivity contribution is 6.39. The third-order valence-electron chi connectivity index (χ3n) is 2.53. The number of amides is 1. The summed E-state index contributed by atoms with van der Waals surface area (Å²) in [5.74, 6) is -1.53. The molecular formula is C13H8Cl2F2N2O3. The van der Waals surface area contributed by atoms with E-state index in [4.69, 9.17) is 23.2 Å². The highest BCUT2D eigenvalue weighted by Gasteiger charge is 2.16. The van der Waals surface area contributed by atoms with Gasteiger partial charge in [-0.05, 0) is 12.1 Å². The molecule has 2 aromatic rings. The number of nitrogens with zero attached hydrogens (tertiary/aromatic N) is 1. The molecule has 1 aromatic heterocycles. The Bertz CT molecular complexity index is 693. The summed E-state index contributed by atoms with van der Waals surface area (Å²) in [6.45, 7) is -3.03. The van der Waals surface area contributed by atoms with Crippen molar-refractivity contribution in [3.05, 3.63) is 46.2 Å². The fourth-order valence-electron chi connectivity index (χ4n) is 1.59. The van der Waals surface area contributed by atoms with E-state index in [-0.39, 0.29) is 27.0 Å². The van der Waals surface area contributed by atoms with Crippen LogP contribution in [0.25, 0.3) is 0 Å². The second kappa shape index (κ2) is 6.76. The lowest BCUT2D eigenvalue weighted by Crippen LogP contribution is -2.13. The van der Waals surface area contributed by atoms with Crippen molar-refractivity contribution in [2.45, 2.75) is 6.61 Å². The number of phenols is 1. The molecule has 0 unspecified atom stereocenters. The second-order valence-electron chi connectivity index (χ2n) is 3.99.